The first kappa shape index (κ1) is 15.3. The highest BCUT2D eigenvalue weighted by molar-refractivity contribution is 6.05. The lowest BCUT2D eigenvalue weighted by molar-refractivity contribution is -0.549. The third kappa shape index (κ3) is 1.18. The second-order valence-corrected chi connectivity index (χ2v) is 10.0. The third-order valence-electron chi connectivity index (χ3n) is 9.05. The van der Waals surface area contributed by atoms with E-state index in [4.69, 9.17) is 9.47 Å². The number of carbonyl (C=O) groups is 1. The van der Waals surface area contributed by atoms with E-state index in [0.717, 1.165) is 32.1 Å². The summed E-state index contributed by atoms with van der Waals surface area (Å²) in [7, 11) is 0. The van der Waals surface area contributed by atoms with E-state index >= 15 is 0 Å². The van der Waals surface area contributed by atoms with Crippen LogP contribution in [0.3, 0.4) is 0 Å². The van der Waals surface area contributed by atoms with Gasteiger partial charge in [0.2, 0.25) is 5.79 Å². The molecule has 0 aromatic heterocycles. The van der Waals surface area contributed by atoms with Gasteiger partial charge in [0.25, 0.3) is 0 Å². The van der Waals surface area contributed by atoms with Gasteiger partial charge in [-0.15, -0.1) is 0 Å². The second-order valence-electron chi connectivity index (χ2n) is 10.0. The number of hydrogen-bond acceptors (Lipinski definition) is 5. The number of ketones is 1. The number of ether oxygens (including phenoxy) is 2. The van der Waals surface area contributed by atoms with E-state index in [1.807, 2.05) is 0 Å². The molecule has 8 fully saturated rings. The van der Waals surface area contributed by atoms with Gasteiger partial charge in [-0.1, -0.05) is 26.8 Å². The fraction of sp³-hybridized carbons (Fsp3) is 0.850. The molecule has 4 aliphatic carbocycles. The number of rotatable bonds is 0. The second kappa shape index (κ2) is 3.91. The normalized spacial score (nSPS) is 63.0. The summed E-state index contributed by atoms with van der Waals surface area (Å²) in [6.07, 6.45) is 2.73. The molecular weight excluding hydrogens is 320 g/mol. The van der Waals surface area contributed by atoms with Crippen LogP contribution in [0, 0.1) is 34.0 Å². The van der Waals surface area contributed by atoms with Gasteiger partial charge in [-0.2, -0.15) is 0 Å². The van der Waals surface area contributed by atoms with Crippen molar-refractivity contribution < 1.29 is 24.5 Å². The van der Waals surface area contributed by atoms with E-state index in [0.29, 0.717) is 5.57 Å². The molecule has 4 saturated carbocycles. The van der Waals surface area contributed by atoms with Crippen LogP contribution in [0.2, 0.25) is 0 Å². The Morgan fingerprint density at radius 2 is 2.00 bits per heavy atom. The molecule has 5 heteroatoms. The average molecular weight is 346 g/mol. The predicted molar refractivity (Wildman–Crippen MR) is 87.1 cm³/mol. The van der Waals surface area contributed by atoms with Crippen molar-refractivity contribution >= 4 is 5.78 Å². The largest absolute Gasteiger partial charge is 0.387 e. The summed E-state index contributed by atoms with van der Waals surface area (Å²) < 4.78 is 12.4. The minimum Gasteiger partial charge on any atom is -0.387 e. The Hall–Kier alpha value is -0.750. The lowest BCUT2D eigenvalue weighted by Gasteiger charge is -2.79. The molecule has 8 rings (SSSR count). The maximum absolute atomic E-state index is 13.4. The maximum Gasteiger partial charge on any atom is 0.211 e. The molecule has 25 heavy (non-hydrogen) atoms. The van der Waals surface area contributed by atoms with Crippen LogP contribution >= 0.6 is 0 Å². The monoisotopic (exact) mass is 346 g/mol. The average Bonchev–Trinajstić information content (AvgIpc) is 2.68. The Morgan fingerprint density at radius 1 is 1.24 bits per heavy atom. The fourth-order valence-corrected chi connectivity index (χ4v) is 8.46. The smallest absolute Gasteiger partial charge is 0.211 e. The Labute approximate surface area is 147 Å². The summed E-state index contributed by atoms with van der Waals surface area (Å²) in [5.74, 6) is -2.11. The van der Waals surface area contributed by atoms with Gasteiger partial charge < -0.3 is 19.7 Å². The maximum atomic E-state index is 13.4. The molecular formula is C20H26O5. The van der Waals surface area contributed by atoms with Crippen molar-refractivity contribution in [3.8, 4) is 0 Å². The van der Waals surface area contributed by atoms with Gasteiger partial charge in [0.1, 0.15) is 11.5 Å². The summed E-state index contributed by atoms with van der Waals surface area (Å²) in [5.41, 5.74) is -1.10. The molecule has 2 spiro atoms. The highest BCUT2D eigenvalue weighted by atomic mass is 16.8. The van der Waals surface area contributed by atoms with Crippen molar-refractivity contribution in [1.82, 2.24) is 0 Å². The van der Waals surface area contributed by atoms with Gasteiger partial charge >= 0.3 is 0 Å². The van der Waals surface area contributed by atoms with Crippen molar-refractivity contribution in [1.29, 1.82) is 0 Å². The molecule has 9 atom stereocenters. The minimum atomic E-state index is -1.85. The number of Topliss-reactive ketones (excluding diaryl/α,β-unsaturated/α-hetero) is 1. The summed E-state index contributed by atoms with van der Waals surface area (Å²) in [5, 5.41) is 23.1. The Morgan fingerprint density at radius 3 is 2.76 bits per heavy atom. The summed E-state index contributed by atoms with van der Waals surface area (Å²) >= 11 is 0. The van der Waals surface area contributed by atoms with Crippen LogP contribution in [0.25, 0.3) is 0 Å². The number of aliphatic hydroxyl groups excluding tert-OH is 1. The molecule has 4 heterocycles. The van der Waals surface area contributed by atoms with Gasteiger partial charge in [-0.25, -0.2) is 0 Å². The first-order valence-electron chi connectivity index (χ1n) is 9.70. The molecule has 4 aliphatic heterocycles. The quantitative estimate of drug-likeness (QED) is 0.654. The zero-order valence-corrected chi connectivity index (χ0v) is 14.8. The molecule has 0 aromatic rings. The van der Waals surface area contributed by atoms with Crippen LogP contribution < -0.4 is 0 Å². The predicted octanol–water partition coefficient (Wildman–Crippen LogP) is 1.77. The van der Waals surface area contributed by atoms with Gasteiger partial charge in [-0.05, 0) is 42.6 Å². The third-order valence-corrected chi connectivity index (χ3v) is 9.05. The van der Waals surface area contributed by atoms with Crippen LogP contribution in [0.4, 0.5) is 0 Å². The van der Waals surface area contributed by atoms with E-state index in [-0.39, 0.29) is 40.5 Å². The van der Waals surface area contributed by atoms with Crippen molar-refractivity contribution in [2.45, 2.75) is 70.2 Å². The minimum absolute atomic E-state index is 0.0125. The molecule has 2 N–H and O–H groups in total. The van der Waals surface area contributed by atoms with Gasteiger partial charge in [0.05, 0.1) is 6.10 Å². The van der Waals surface area contributed by atoms with Crippen LogP contribution in [0.15, 0.2) is 12.2 Å². The molecule has 7 bridgehead atoms. The van der Waals surface area contributed by atoms with E-state index in [1.165, 1.54) is 0 Å². The van der Waals surface area contributed by atoms with E-state index in [2.05, 4.69) is 20.4 Å². The van der Waals surface area contributed by atoms with Crippen molar-refractivity contribution in [3.63, 3.8) is 0 Å². The zero-order valence-electron chi connectivity index (χ0n) is 14.8. The van der Waals surface area contributed by atoms with Gasteiger partial charge in [0.15, 0.2) is 12.1 Å². The number of carbonyl (C=O) groups excluding carboxylic acids is 1. The van der Waals surface area contributed by atoms with Gasteiger partial charge in [0, 0.05) is 17.3 Å². The van der Waals surface area contributed by atoms with Crippen LogP contribution in [0.1, 0.15) is 46.0 Å². The molecule has 8 aliphatic rings. The van der Waals surface area contributed by atoms with Crippen molar-refractivity contribution in [2.75, 3.05) is 0 Å². The lowest BCUT2D eigenvalue weighted by Crippen LogP contribution is -2.89. The standard InChI is InChI=1S/C20H26O5/c1-9-10-5-6-11-18-8-4-7-17(2,3)12(18)14(22)20(23)19(11,13(9)21)15(10)24-16(18)25-20/h10-12,14-16,22-23H,1,4-8H2,2-3H3/t10-,11+,12-,14+,15+,16-,18-,19+,20-/m1/s1. The first-order chi connectivity index (χ1) is 11.7. The zero-order chi connectivity index (χ0) is 17.6. The highest BCUT2D eigenvalue weighted by Gasteiger charge is 2.91. The number of aliphatic hydroxyl groups is 2. The Bertz CT molecular complexity index is 730. The molecule has 4 saturated heterocycles. The lowest BCUT2D eigenvalue weighted by atomic mass is 9.34. The van der Waals surface area contributed by atoms with E-state index < -0.39 is 23.6 Å². The first-order valence-corrected chi connectivity index (χ1v) is 9.70. The van der Waals surface area contributed by atoms with Gasteiger partial charge in [-0.3, -0.25) is 4.79 Å². The van der Waals surface area contributed by atoms with Crippen molar-refractivity contribution in [2.24, 2.45) is 34.0 Å². The molecule has 0 aromatic carbocycles. The SMILES string of the molecule is C=C1C(=O)[C@@]23[C@H]4O[C@@H]5O[C@]2(O)[C@@H](O)[C@@H]2C(C)(C)CCC[C@]52[C@@H]3CC[C@H]14. The van der Waals surface area contributed by atoms with Crippen LogP contribution in [0.5, 0.6) is 0 Å². The fourth-order valence-electron chi connectivity index (χ4n) is 8.46. The van der Waals surface area contributed by atoms with Crippen LogP contribution in [-0.4, -0.2) is 40.3 Å². The molecule has 136 valence electrons. The highest BCUT2D eigenvalue weighted by Crippen LogP contribution is 2.81. The molecule has 0 amide bonds. The molecule has 5 nitrogen and oxygen atoms in total. The van der Waals surface area contributed by atoms with Crippen molar-refractivity contribution in [3.05, 3.63) is 12.2 Å². The summed E-state index contributed by atoms with van der Waals surface area (Å²) in [6.45, 7) is 8.39. The number of hydrogen-bond donors (Lipinski definition) is 2. The van der Waals surface area contributed by atoms with E-state index in [9.17, 15) is 15.0 Å². The van der Waals surface area contributed by atoms with E-state index in [1.54, 1.807) is 0 Å². The van der Waals surface area contributed by atoms with Crippen LogP contribution in [-0.2, 0) is 14.3 Å². The topological polar surface area (TPSA) is 76.0 Å². The molecule has 0 radical (unpaired) electrons. The summed E-state index contributed by atoms with van der Waals surface area (Å²) in [6, 6.07) is 0. The molecule has 0 unspecified atom stereocenters. The summed E-state index contributed by atoms with van der Waals surface area (Å²) in [4.78, 5) is 13.4. The Balaban J connectivity index is 1.68. The Kier molecular flexibility index (Phi) is 2.40.